The fourth-order valence-electron chi connectivity index (χ4n) is 2.78. The molecule has 1 fully saturated rings. The van der Waals surface area contributed by atoms with Crippen LogP contribution in [0.4, 0.5) is 5.82 Å². The third-order valence-corrected chi connectivity index (χ3v) is 5.76. The standard InChI is InChI=1S/C14H23N3O3S/c1-3-14(4-2)10-11(7-9-20-14)17-21(18,19)12-6-5-8-16-13(12)15/h5-6,8,11,17H,3-4,7,9-10H2,1-2H3,(H2,15,16). The van der Waals surface area contributed by atoms with Crippen molar-refractivity contribution in [2.75, 3.05) is 12.3 Å². The first-order valence-corrected chi connectivity index (χ1v) is 8.77. The van der Waals surface area contributed by atoms with E-state index in [1.807, 2.05) is 0 Å². The van der Waals surface area contributed by atoms with Crippen LogP contribution in [0.25, 0.3) is 0 Å². The van der Waals surface area contributed by atoms with Crippen LogP contribution in [0.15, 0.2) is 23.2 Å². The molecule has 1 atom stereocenters. The molecule has 2 rings (SSSR count). The molecule has 1 aliphatic rings. The van der Waals surface area contributed by atoms with Gasteiger partial charge in [0.15, 0.2) is 0 Å². The van der Waals surface area contributed by atoms with Gasteiger partial charge in [-0.1, -0.05) is 13.8 Å². The van der Waals surface area contributed by atoms with Crippen molar-refractivity contribution in [1.29, 1.82) is 0 Å². The molecule has 21 heavy (non-hydrogen) atoms. The van der Waals surface area contributed by atoms with E-state index in [9.17, 15) is 8.42 Å². The highest BCUT2D eigenvalue weighted by Gasteiger charge is 2.36. The Kier molecular flexibility index (Phi) is 4.85. The number of nitrogen functional groups attached to an aromatic ring is 1. The minimum Gasteiger partial charge on any atom is -0.383 e. The summed E-state index contributed by atoms with van der Waals surface area (Å²) in [5, 5.41) is 0. The Balaban J connectivity index is 2.16. The minimum absolute atomic E-state index is 0.0225. The first kappa shape index (κ1) is 16.2. The molecule has 0 aliphatic carbocycles. The van der Waals surface area contributed by atoms with Gasteiger partial charge in [0.1, 0.15) is 10.7 Å². The molecule has 2 heterocycles. The van der Waals surface area contributed by atoms with Crippen molar-refractivity contribution in [3.05, 3.63) is 18.3 Å². The van der Waals surface area contributed by atoms with E-state index in [-0.39, 0.29) is 22.4 Å². The zero-order valence-corrected chi connectivity index (χ0v) is 13.3. The second kappa shape index (κ2) is 6.29. The zero-order chi connectivity index (χ0) is 15.5. The van der Waals surface area contributed by atoms with Crippen LogP contribution < -0.4 is 10.5 Å². The molecular formula is C14H23N3O3S. The number of nitrogens with one attached hydrogen (secondary N) is 1. The topological polar surface area (TPSA) is 94.3 Å². The summed E-state index contributed by atoms with van der Waals surface area (Å²) >= 11 is 0. The maximum absolute atomic E-state index is 12.4. The van der Waals surface area contributed by atoms with Crippen LogP contribution in [0.1, 0.15) is 39.5 Å². The molecule has 0 saturated carbocycles. The molecule has 0 bridgehead atoms. The summed E-state index contributed by atoms with van der Waals surface area (Å²) in [6.07, 6.45) is 4.57. The van der Waals surface area contributed by atoms with Gasteiger partial charge in [0.05, 0.1) is 5.60 Å². The number of sulfonamides is 1. The predicted octanol–water partition coefficient (Wildman–Crippen LogP) is 1.68. The molecular weight excluding hydrogens is 290 g/mol. The third kappa shape index (κ3) is 3.53. The van der Waals surface area contributed by atoms with E-state index in [1.165, 1.54) is 12.3 Å². The maximum Gasteiger partial charge on any atom is 0.244 e. The molecule has 7 heteroatoms. The van der Waals surface area contributed by atoms with Crippen molar-refractivity contribution in [3.63, 3.8) is 0 Å². The fourth-order valence-corrected chi connectivity index (χ4v) is 4.14. The molecule has 0 spiro atoms. The lowest BCUT2D eigenvalue weighted by atomic mass is 9.86. The van der Waals surface area contributed by atoms with E-state index in [1.54, 1.807) is 6.07 Å². The monoisotopic (exact) mass is 313 g/mol. The van der Waals surface area contributed by atoms with Crippen molar-refractivity contribution >= 4 is 15.8 Å². The van der Waals surface area contributed by atoms with Crippen LogP contribution >= 0.6 is 0 Å². The van der Waals surface area contributed by atoms with Gasteiger partial charge < -0.3 is 10.5 Å². The third-order valence-electron chi connectivity index (χ3n) is 4.19. The molecule has 0 aromatic carbocycles. The van der Waals surface area contributed by atoms with Crippen molar-refractivity contribution < 1.29 is 13.2 Å². The Hall–Kier alpha value is -1.18. The van der Waals surface area contributed by atoms with Gasteiger partial charge in [0.2, 0.25) is 10.0 Å². The number of anilines is 1. The summed E-state index contributed by atoms with van der Waals surface area (Å²) in [7, 11) is -3.65. The number of rotatable bonds is 5. The van der Waals surface area contributed by atoms with Gasteiger partial charge in [0.25, 0.3) is 0 Å². The number of nitrogens with zero attached hydrogens (tertiary/aromatic N) is 1. The number of ether oxygens (including phenoxy) is 1. The van der Waals surface area contributed by atoms with Crippen molar-refractivity contribution in [2.45, 2.75) is 56.1 Å². The van der Waals surface area contributed by atoms with E-state index in [2.05, 4.69) is 23.6 Å². The quantitative estimate of drug-likeness (QED) is 0.862. The van der Waals surface area contributed by atoms with Gasteiger partial charge in [-0.3, -0.25) is 0 Å². The van der Waals surface area contributed by atoms with Gasteiger partial charge in [-0.2, -0.15) is 0 Å². The average molecular weight is 313 g/mol. The first-order valence-electron chi connectivity index (χ1n) is 7.29. The Labute approximate surface area is 126 Å². The summed E-state index contributed by atoms with van der Waals surface area (Å²) in [5.41, 5.74) is 5.43. The fraction of sp³-hybridized carbons (Fsp3) is 0.643. The number of nitrogens with two attached hydrogens (primary N) is 1. The molecule has 3 N–H and O–H groups in total. The highest BCUT2D eigenvalue weighted by molar-refractivity contribution is 7.89. The van der Waals surface area contributed by atoms with Crippen LogP contribution in [0, 0.1) is 0 Å². The highest BCUT2D eigenvalue weighted by Crippen LogP contribution is 2.32. The maximum atomic E-state index is 12.4. The summed E-state index contributed by atoms with van der Waals surface area (Å²) < 4.78 is 33.5. The molecule has 1 saturated heterocycles. The van der Waals surface area contributed by atoms with E-state index >= 15 is 0 Å². The predicted molar refractivity (Wildman–Crippen MR) is 81.3 cm³/mol. The first-order chi connectivity index (χ1) is 9.92. The SMILES string of the molecule is CCC1(CC)CC(NS(=O)(=O)c2cccnc2N)CCO1. The second-order valence-electron chi connectivity index (χ2n) is 5.44. The summed E-state index contributed by atoms with van der Waals surface area (Å²) in [5.74, 6) is 0.0225. The Bertz CT molecular complexity index is 585. The number of hydrogen-bond donors (Lipinski definition) is 2. The largest absolute Gasteiger partial charge is 0.383 e. The van der Waals surface area contributed by atoms with E-state index in [0.29, 0.717) is 19.4 Å². The van der Waals surface area contributed by atoms with E-state index in [0.717, 1.165) is 12.8 Å². The minimum atomic E-state index is -3.65. The molecule has 0 radical (unpaired) electrons. The molecule has 1 aromatic heterocycles. The van der Waals surface area contributed by atoms with Gasteiger partial charge in [-0.05, 0) is 37.8 Å². The van der Waals surface area contributed by atoms with Crippen molar-refractivity contribution in [2.24, 2.45) is 0 Å². The molecule has 6 nitrogen and oxygen atoms in total. The summed E-state index contributed by atoms with van der Waals surface area (Å²) in [4.78, 5) is 3.87. The lowest BCUT2D eigenvalue weighted by Gasteiger charge is -2.40. The van der Waals surface area contributed by atoms with Crippen molar-refractivity contribution in [3.8, 4) is 0 Å². The van der Waals surface area contributed by atoms with Gasteiger partial charge >= 0.3 is 0 Å². The Morgan fingerprint density at radius 2 is 2.19 bits per heavy atom. The number of hydrogen-bond acceptors (Lipinski definition) is 5. The lowest BCUT2D eigenvalue weighted by Crippen LogP contribution is -2.48. The van der Waals surface area contributed by atoms with E-state index < -0.39 is 10.0 Å². The van der Waals surface area contributed by atoms with Crippen LogP contribution in [0.2, 0.25) is 0 Å². The Morgan fingerprint density at radius 3 is 2.81 bits per heavy atom. The molecule has 1 aliphatic heterocycles. The Morgan fingerprint density at radius 1 is 1.48 bits per heavy atom. The summed E-state index contributed by atoms with van der Waals surface area (Å²) in [6, 6.07) is 2.90. The van der Waals surface area contributed by atoms with Crippen LogP contribution in [-0.2, 0) is 14.8 Å². The molecule has 1 unspecified atom stereocenters. The van der Waals surface area contributed by atoms with Crippen LogP contribution in [0.3, 0.4) is 0 Å². The van der Waals surface area contributed by atoms with Gasteiger partial charge in [-0.15, -0.1) is 0 Å². The smallest absolute Gasteiger partial charge is 0.244 e. The number of pyridine rings is 1. The molecule has 118 valence electrons. The summed E-state index contributed by atoms with van der Waals surface area (Å²) in [6.45, 7) is 4.70. The van der Waals surface area contributed by atoms with E-state index in [4.69, 9.17) is 10.5 Å². The van der Waals surface area contributed by atoms with Crippen LogP contribution in [-0.4, -0.2) is 31.7 Å². The lowest BCUT2D eigenvalue weighted by molar-refractivity contribution is -0.0905. The van der Waals surface area contributed by atoms with Crippen LogP contribution in [0.5, 0.6) is 0 Å². The van der Waals surface area contributed by atoms with Gasteiger partial charge in [-0.25, -0.2) is 18.1 Å². The highest BCUT2D eigenvalue weighted by atomic mass is 32.2. The number of aromatic nitrogens is 1. The molecule has 0 amide bonds. The zero-order valence-electron chi connectivity index (χ0n) is 12.5. The molecule has 1 aromatic rings. The van der Waals surface area contributed by atoms with Crippen molar-refractivity contribution in [1.82, 2.24) is 9.71 Å². The average Bonchev–Trinajstić information content (AvgIpc) is 2.47. The normalized spacial score (nSPS) is 22.1. The second-order valence-corrected chi connectivity index (χ2v) is 7.12. The van der Waals surface area contributed by atoms with Gasteiger partial charge in [0, 0.05) is 18.8 Å².